The zero-order valence-corrected chi connectivity index (χ0v) is 19.0. The second-order valence-corrected chi connectivity index (χ2v) is 9.11. The van der Waals surface area contributed by atoms with Crippen LogP contribution in [0.5, 0.6) is 0 Å². The summed E-state index contributed by atoms with van der Waals surface area (Å²) in [5.74, 6) is -2.00. The van der Waals surface area contributed by atoms with Gasteiger partial charge in [-0.15, -0.1) is 0 Å². The number of benzene rings is 1. The minimum atomic E-state index is -1.31. The van der Waals surface area contributed by atoms with Gasteiger partial charge in [0.1, 0.15) is 11.9 Å². The van der Waals surface area contributed by atoms with E-state index >= 15 is 0 Å². The molecule has 4 N–H and O–H groups in total. The minimum Gasteiger partial charge on any atom is -0.394 e. The first kappa shape index (κ1) is 25.9. The Balaban J connectivity index is 2.10. The second kappa shape index (κ2) is 11.0. The van der Waals surface area contributed by atoms with Crippen molar-refractivity contribution in [2.45, 2.75) is 58.2 Å². The van der Waals surface area contributed by atoms with Crippen LogP contribution in [0.1, 0.15) is 50.0 Å². The van der Waals surface area contributed by atoms with Crippen molar-refractivity contribution in [2.75, 3.05) is 19.8 Å². The highest BCUT2D eigenvalue weighted by atomic mass is 19.1. The van der Waals surface area contributed by atoms with Crippen LogP contribution in [0.3, 0.4) is 0 Å². The number of hydrogen-bond donors (Lipinski definition) is 4. The fraction of sp³-hybridized carbons (Fsp3) is 0.609. The van der Waals surface area contributed by atoms with Crippen molar-refractivity contribution in [3.05, 3.63) is 35.1 Å². The molecule has 1 aliphatic rings. The van der Waals surface area contributed by atoms with Gasteiger partial charge in [0, 0.05) is 5.56 Å². The molecule has 1 aliphatic heterocycles. The van der Waals surface area contributed by atoms with Crippen LogP contribution in [-0.4, -0.2) is 65.3 Å². The first-order valence-corrected chi connectivity index (χ1v) is 10.8. The summed E-state index contributed by atoms with van der Waals surface area (Å²) in [5, 5.41) is 24.1. The van der Waals surface area contributed by atoms with E-state index in [9.17, 15) is 29.0 Å². The molecule has 0 spiro atoms. The highest BCUT2D eigenvalue weighted by Crippen LogP contribution is 2.30. The van der Waals surface area contributed by atoms with E-state index in [1.165, 1.54) is 18.2 Å². The van der Waals surface area contributed by atoms with Gasteiger partial charge in [-0.05, 0) is 48.4 Å². The largest absolute Gasteiger partial charge is 0.394 e. The number of aliphatic hydroxyl groups is 2. The molecule has 8 nitrogen and oxygen atoms in total. The molecular weight excluding hydrogens is 419 g/mol. The van der Waals surface area contributed by atoms with Crippen LogP contribution in [0.4, 0.5) is 4.39 Å². The molecule has 0 aliphatic carbocycles. The zero-order valence-electron chi connectivity index (χ0n) is 19.0. The number of carbonyl (C=O) groups is 3. The molecule has 0 bridgehead atoms. The summed E-state index contributed by atoms with van der Waals surface area (Å²) < 4.78 is 19.1. The third-order valence-electron chi connectivity index (χ3n) is 5.28. The van der Waals surface area contributed by atoms with E-state index in [4.69, 9.17) is 4.74 Å². The molecule has 9 heteroatoms. The van der Waals surface area contributed by atoms with Crippen molar-refractivity contribution in [3.63, 3.8) is 0 Å². The van der Waals surface area contributed by atoms with Gasteiger partial charge in [0.25, 0.3) is 5.91 Å². The van der Waals surface area contributed by atoms with Crippen molar-refractivity contribution in [1.82, 2.24) is 10.6 Å². The molecule has 32 heavy (non-hydrogen) atoms. The second-order valence-electron chi connectivity index (χ2n) is 9.11. The zero-order chi connectivity index (χ0) is 24.1. The number of rotatable bonds is 12. The van der Waals surface area contributed by atoms with Gasteiger partial charge >= 0.3 is 0 Å². The maximum absolute atomic E-state index is 14.0. The summed E-state index contributed by atoms with van der Waals surface area (Å²) in [6, 6.07) is 1.68. The number of ketones is 1. The molecule has 0 aromatic heterocycles. The van der Waals surface area contributed by atoms with Gasteiger partial charge in [0.05, 0.1) is 25.9 Å². The summed E-state index contributed by atoms with van der Waals surface area (Å²) in [5.41, 5.74) is -0.751. The molecule has 1 aromatic carbocycles. The lowest BCUT2D eigenvalue weighted by Gasteiger charge is -2.24. The van der Waals surface area contributed by atoms with Gasteiger partial charge in [-0.25, -0.2) is 4.39 Å². The summed E-state index contributed by atoms with van der Waals surface area (Å²) in [6.07, 6.45) is 0.753. The number of aliphatic hydroxyl groups excluding tert-OH is 2. The maximum Gasteiger partial charge on any atom is 0.252 e. The SMILES string of the molecule is CC(C)Cc1cc(C(=O)N[C@@H](CO)C(=O)N[C@@H](CC(C)C)C(=O)[C@@]2(CO)CO2)ccc1F. The van der Waals surface area contributed by atoms with Crippen LogP contribution in [-0.2, 0) is 20.7 Å². The normalized spacial score (nSPS) is 19.5. The number of amides is 2. The van der Waals surface area contributed by atoms with E-state index in [-0.39, 0.29) is 24.0 Å². The van der Waals surface area contributed by atoms with Crippen molar-refractivity contribution < 1.29 is 33.7 Å². The van der Waals surface area contributed by atoms with Gasteiger partial charge in [-0.1, -0.05) is 27.7 Å². The quantitative estimate of drug-likeness (QED) is 0.350. The van der Waals surface area contributed by atoms with Gasteiger partial charge < -0.3 is 25.6 Å². The van der Waals surface area contributed by atoms with E-state index in [1.807, 2.05) is 27.7 Å². The molecule has 2 amide bonds. The first-order chi connectivity index (χ1) is 15.0. The van der Waals surface area contributed by atoms with Gasteiger partial charge in [0.15, 0.2) is 11.4 Å². The predicted molar refractivity (Wildman–Crippen MR) is 115 cm³/mol. The van der Waals surface area contributed by atoms with Gasteiger partial charge in [0.2, 0.25) is 5.91 Å². The van der Waals surface area contributed by atoms with Crippen molar-refractivity contribution in [2.24, 2.45) is 11.8 Å². The van der Waals surface area contributed by atoms with Crippen LogP contribution in [0.15, 0.2) is 18.2 Å². The Morgan fingerprint density at radius 2 is 1.75 bits per heavy atom. The number of carbonyl (C=O) groups excluding carboxylic acids is 3. The van der Waals surface area contributed by atoms with Crippen LogP contribution < -0.4 is 10.6 Å². The molecule has 1 fully saturated rings. The predicted octanol–water partition coefficient (Wildman–Crippen LogP) is 0.976. The average Bonchev–Trinajstić information content (AvgIpc) is 3.52. The van der Waals surface area contributed by atoms with E-state index < -0.39 is 54.3 Å². The van der Waals surface area contributed by atoms with E-state index in [2.05, 4.69) is 10.6 Å². The standard InChI is InChI=1S/C23H33FN2O6/c1-13(2)7-16-9-15(5-6-17(16)24)21(30)26-19(10-27)22(31)25-18(8-14(3)4)20(29)23(11-28)12-32-23/h5-6,9,13-14,18-19,27-28H,7-8,10-12H2,1-4H3,(H,25,31)(H,26,30)/t18-,19-,23+/m0/s1. The Kier molecular flexibility index (Phi) is 8.89. The monoisotopic (exact) mass is 452 g/mol. The first-order valence-electron chi connectivity index (χ1n) is 10.8. The summed E-state index contributed by atoms with van der Waals surface area (Å²) in [4.78, 5) is 38.1. The Morgan fingerprint density at radius 1 is 1.09 bits per heavy atom. The molecule has 3 atom stereocenters. The lowest BCUT2D eigenvalue weighted by Crippen LogP contribution is -2.55. The average molecular weight is 453 g/mol. The maximum atomic E-state index is 14.0. The third kappa shape index (κ3) is 6.57. The Hall–Kier alpha value is -2.36. The smallest absolute Gasteiger partial charge is 0.252 e. The number of Topliss-reactive ketones (excluding diaryl/α,β-unsaturated/α-hetero) is 1. The van der Waals surface area contributed by atoms with Crippen LogP contribution in [0.2, 0.25) is 0 Å². The summed E-state index contributed by atoms with van der Waals surface area (Å²) in [7, 11) is 0. The number of hydrogen-bond acceptors (Lipinski definition) is 6. The molecule has 0 radical (unpaired) electrons. The molecule has 1 aromatic rings. The highest BCUT2D eigenvalue weighted by Gasteiger charge is 2.54. The Bertz CT molecular complexity index is 838. The number of halogens is 1. The van der Waals surface area contributed by atoms with Crippen LogP contribution in [0, 0.1) is 17.7 Å². The molecule has 2 rings (SSSR count). The lowest BCUT2D eigenvalue weighted by molar-refractivity contribution is -0.133. The van der Waals surface area contributed by atoms with Crippen LogP contribution >= 0.6 is 0 Å². The number of nitrogens with one attached hydrogen (secondary N) is 2. The summed E-state index contributed by atoms with van der Waals surface area (Å²) >= 11 is 0. The van der Waals surface area contributed by atoms with E-state index in [0.29, 0.717) is 18.4 Å². The Morgan fingerprint density at radius 3 is 2.25 bits per heavy atom. The lowest BCUT2D eigenvalue weighted by atomic mass is 9.92. The van der Waals surface area contributed by atoms with E-state index in [0.717, 1.165) is 0 Å². The third-order valence-corrected chi connectivity index (χ3v) is 5.28. The number of ether oxygens (including phenoxy) is 1. The van der Waals surface area contributed by atoms with Gasteiger partial charge in [-0.2, -0.15) is 0 Å². The highest BCUT2D eigenvalue weighted by molar-refractivity contribution is 6.00. The van der Waals surface area contributed by atoms with Crippen molar-refractivity contribution in [3.8, 4) is 0 Å². The van der Waals surface area contributed by atoms with Crippen LogP contribution in [0.25, 0.3) is 0 Å². The molecule has 0 unspecified atom stereocenters. The number of epoxide rings is 1. The Labute approximate surface area is 187 Å². The van der Waals surface area contributed by atoms with Crippen molar-refractivity contribution in [1.29, 1.82) is 0 Å². The van der Waals surface area contributed by atoms with Gasteiger partial charge in [-0.3, -0.25) is 14.4 Å². The van der Waals surface area contributed by atoms with Crippen molar-refractivity contribution >= 4 is 17.6 Å². The minimum absolute atomic E-state index is 0.0551. The molecule has 0 saturated carbocycles. The van der Waals surface area contributed by atoms with E-state index in [1.54, 1.807) is 0 Å². The molecule has 178 valence electrons. The molecule has 1 saturated heterocycles. The topological polar surface area (TPSA) is 128 Å². The fourth-order valence-corrected chi connectivity index (χ4v) is 3.44. The molecule has 1 heterocycles. The molecular formula is C23H33FN2O6. The fourth-order valence-electron chi connectivity index (χ4n) is 3.44. The summed E-state index contributed by atoms with van der Waals surface area (Å²) in [6.45, 7) is 6.51.